The molecule has 1 aromatic rings. The van der Waals surface area contributed by atoms with Crippen molar-refractivity contribution in [2.24, 2.45) is 5.73 Å². The van der Waals surface area contributed by atoms with E-state index in [1.165, 1.54) is 7.11 Å². The van der Waals surface area contributed by atoms with E-state index in [-0.39, 0.29) is 17.3 Å². The molecule has 0 aliphatic heterocycles. The lowest BCUT2D eigenvalue weighted by Crippen LogP contribution is -2.39. The summed E-state index contributed by atoms with van der Waals surface area (Å²) in [6.07, 6.45) is 4.70. The highest BCUT2D eigenvalue weighted by Crippen LogP contribution is 2.46. The molecule has 3 nitrogen and oxygen atoms in total. The van der Waals surface area contributed by atoms with Crippen molar-refractivity contribution in [2.75, 3.05) is 7.11 Å². The number of hydrogen-bond acceptors (Lipinski definition) is 3. The highest BCUT2D eigenvalue weighted by Gasteiger charge is 2.36. The van der Waals surface area contributed by atoms with Crippen LogP contribution in [0, 0.1) is 19.7 Å². The maximum Gasteiger partial charge on any atom is 0.166 e. The van der Waals surface area contributed by atoms with Gasteiger partial charge in [-0.15, -0.1) is 0 Å². The number of nitrogens with two attached hydrogens (primary N) is 1. The zero-order valence-electron chi connectivity index (χ0n) is 11.8. The Morgan fingerprint density at radius 3 is 2.26 bits per heavy atom. The summed E-state index contributed by atoms with van der Waals surface area (Å²) in [5.41, 5.74) is 7.10. The first-order chi connectivity index (χ1) is 8.92. The number of phenols is 1. The van der Waals surface area contributed by atoms with Gasteiger partial charge in [0.05, 0.1) is 7.11 Å². The van der Waals surface area contributed by atoms with Gasteiger partial charge in [0.15, 0.2) is 11.5 Å². The number of halogens is 1. The highest BCUT2D eigenvalue weighted by molar-refractivity contribution is 5.57. The Labute approximate surface area is 113 Å². The molecule has 1 fully saturated rings. The third-order valence-electron chi connectivity index (χ3n) is 4.27. The van der Waals surface area contributed by atoms with Crippen LogP contribution in [0.25, 0.3) is 0 Å². The molecule has 0 spiro atoms. The average Bonchev–Trinajstić information content (AvgIpc) is 2.37. The molecule has 0 saturated heterocycles. The van der Waals surface area contributed by atoms with Crippen molar-refractivity contribution < 1.29 is 14.2 Å². The van der Waals surface area contributed by atoms with E-state index < -0.39 is 5.54 Å². The fourth-order valence-electron chi connectivity index (χ4n) is 3.25. The molecular formula is C15H22FNO2. The third kappa shape index (κ3) is 2.18. The van der Waals surface area contributed by atoms with Gasteiger partial charge >= 0.3 is 0 Å². The summed E-state index contributed by atoms with van der Waals surface area (Å²) < 4.78 is 19.4. The first kappa shape index (κ1) is 14.1. The molecule has 0 unspecified atom stereocenters. The predicted molar refractivity (Wildman–Crippen MR) is 73.0 cm³/mol. The Morgan fingerprint density at radius 2 is 1.74 bits per heavy atom. The van der Waals surface area contributed by atoms with Crippen LogP contribution in [0.1, 0.15) is 48.8 Å². The van der Waals surface area contributed by atoms with E-state index in [2.05, 4.69) is 0 Å². The first-order valence-electron chi connectivity index (χ1n) is 6.77. The number of benzene rings is 1. The van der Waals surface area contributed by atoms with Crippen LogP contribution in [0.4, 0.5) is 4.39 Å². The van der Waals surface area contributed by atoms with E-state index in [1.807, 2.05) is 0 Å². The maximum atomic E-state index is 14.3. The molecule has 2 rings (SSSR count). The Bertz CT molecular complexity index is 494. The van der Waals surface area contributed by atoms with E-state index >= 15 is 0 Å². The number of hydrogen-bond donors (Lipinski definition) is 2. The van der Waals surface area contributed by atoms with Crippen LogP contribution >= 0.6 is 0 Å². The third-order valence-corrected chi connectivity index (χ3v) is 4.27. The molecule has 0 bridgehead atoms. The molecule has 106 valence electrons. The van der Waals surface area contributed by atoms with Gasteiger partial charge in [0.1, 0.15) is 5.82 Å². The number of aromatic hydroxyl groups is 1. The largest absolute Gasteiger partial charge is 0.504 e. The Balaban J connectivity index is 2.65. The summed E-state index contributed by atoms with van der Waals surface area (Å²) in [7, 11) is 1.44. The lowest BCUT2D eigenvalue weighted by Gasteiger charge is -2.36. The maximum absolute atomic E-state index is 14.3. The zero-order valence-corrected chi connectivity index (χ0v) is 11.8. The SMILES string of the molecule is COc1c(C)c(F)c(C)c(C2(N)CCCCC2)c1O. The van der Waals surface area contributed by atoms with E-state index in [9.17, 15) is 9.50 Å². The van der Waals surface area contributed by atoms with Gasteiger partial charge in [-0.1, -0.05) is 19.3 Å². The van der Waals surface area contributed by atoms with Crippen molar-refractivity contribution in [3.8, 4) is 11.5 Å². The molecule has 0 aromatic heterocycles. The number of ether oxygens (including phenoxy) is 1. The van der Waals surface area contributed by atoms with Crippen LogP contribution in [0.2, 0.25) is 0 Å². The molecule has 1 aromatic carbocycles. The summed E-state index contributed by atoms with van der Waals surface area (Å²) in [5, 5.41) is 10.4. The molecule has 0 radical (unpaired) electrons. The Hall–Kier alpha value is -1.29. The molecule has 1 aliphatic carbocycles. The van der Waals surface area contributed by atoms with Gasteiger partial charge in [0.2, 0.25) is 0 Å². The number of methoxy groups -OCH3 is 1. The summed E-state index contributed by atoms with van der Waals surface area (Å²) in [4.78, 5) is 0. The van der Waals surface area contributed by atoms with E-state index in [0.29, 0.717) is 16.7 Å². The first-order valence-corrected chi connectivity index (χ1v) is 6.77. The standard InChI is InChI=1S/C15H22FNO2/c1-9-11(15(17)7-5-4-6-8-15)13(18)14(19-3)10(2)12(9)16/h18H,4-8,17H2,1-3H3. The van der Waals surface area contributed by atoms with E-state index in [4.69, 9.17) is 10.5 Å². The summed E-state index contributed by atoms with van der Waals surface area (Å²) in [5.74, 6) is -0.128. The lowest BCUT2D eigenvalue weighted by atomic mass is 9.75. The molecule has 0 atom stereocenters. The topological polar surface area (TPSA) is 55.5 Å². The minimum Gasteiger partial charge on any atom is -0.504 e. The molecule has 4 heteroatoms. The molecule has 19 heavy (non-hydrogen) atoms. The summed E-state index contributed by atoms with van der Waals surface area (Å²) >= 11 is 0. The van der Waals surface area contributed by atoms with Gasteiger partial charge in [-0.25, -0.2) is 4.39 Å². The number of rotatable bonds is 2. The lowest BCUT2D eigenvalue weighted by molar-refractivity contribution is 0.282. The van der Waals surface area contributed by atoms with Crippen molar-refractivity contribution >= 4 is 0 Å². The smallest absolute Gasteiger partial charge is 0.166 e. The van der Waals surface area contributed by atoms with Gasteiger partial charge in [0, 0.05) is 16.7 Å². The van der Waals surface area contributed by atoms with Crippen LogP contribution in [0.15, 0.2) is 0 Å². The molecule has 0 heterocycles. The molecule has 3 N–H and O–H groups in total. The number of phenolic OH excluding ortho intramolecular Hbond substituents is 1. The van der Waals surface area contributed by atoms with Crippen LogP contribution in [0.5, 0.6) is 11.5 Å². The van der Waals surface area contributed by atoms with Crippen LogP contribution < -0.4 is 10.5 Å². The average molecular weight is 267 g/mol. The van der Waals surface area contributed by atoms with Crippen LogP contribution in [-0.4, -0.2) is 12.2 Å². The second-order valence-electron chi connectivity index (χ2n) is 5.54. The van der Waals surface area contributed by atoms with E-state index in [1.54, 1.807) is 13.8 Å². The summed E-state index contributed by atoms with van der Waals surface area (Å²) in [6.45, 7) is 3.29. The van der Waals surface area contributed by atoms with Gasteiger partial charge in [0.25, 0.3) is 0 Å². The predicted octanol–water partition coefficient (Wildman–Crippen LogP) is 3.27. The molecule has 0 amide bonds. The van der Waals surface area contributed by atoms with Crippen molar-refractivity contribution in [3.05, 3.63) is 22.5 Å². The minimum absolute atomic E-state index is 0.00306. The molecule has 1 saturated carbocycles. The Morgan fingerprint density at radius 1 is 1.16 bits per heavy atom. The quantitative estimate of drug-likeness (QED) is 0.864. The van der Waals surface area contributed by atoms with Gasteiger partial charge < -0.3 is 15.6 Å². The van der Waals surface area contributed by atoms with Crippen molar-refractivity contribution in [3.63, 3.8) is 0 Å². The second kappa shape index (κ2) is 5.00. The zero-order chi connectivity index (χ0) is 14.2. The van der Waals surface area contributed by atoms with E-state index in [0.717, 1.165) is 32.1 Å². The van der Waals surface area contributed by atoms with Crippen molar-refractivity contribution in [1.82, 2.24) is 0 Å². The highest BCUT2D eigenvalue weighted by atomic mass is 19.1. The Kier molecular flexibility index (Phi) is 3.72. The second-order valence-corrected chi connectivity index (χ2v) is 5.54. The van der Waals surface area contributed by atoms with Crippen LogP contribution in [0.3, 0.4) is 0 Å². The minimum atomic E-state index is -0.645. The molecular weight excluding hydrogens is 245 g/mol. The van der Waals surface area contributed by atoms with Crippen molar-refractivity contribution in [2.45, 2.75) is 51.5 Å². The molecule has 1 aliphatic rings. The normalized spacial score (nSPS) is 18.4. The van der Waals surface area contributed by atoms with Crippen LogP contribution in [-0.2, 0) is 5.54 Å². The summed E-state index contributed by atoms with van der Waals surface area (Å²) in [6, 6.07) is 0. The van der Waals surface area contributed by atoms with Gasteiger partial charge in [-0.3, -0.25) is 0 Å². The fourth-order valence-corrected chi connectivity index (χ4v) is 3.25. The van der Waals surface area contributed by atoms with Gasteiger partial charge in [-0.2, -0.15) is 0 Å². The van der Waals surface area contributed by atoms with Crippen molar-refractivity contribution in [1.29, 1.82) is 0 Å². The fraction of sp³-hybridized carbons (Fsp3) is 0.600. The van der Waals surface area contributed by atoms with Gasteiger partial charge in [-0.05, 0) is 32.3 Å². The monoisotopic (exact) mass is 267 g/mol.